The van der Waals surface area contributed by atoms with Crippen molar-refractivity contribution < 1.29 is 13.2 Å². The maximum atomic E-state index is 12.3. The maximum Gasteiger partial charge on any atom is 0.261 e. The predicted molar refractivity (Wildman–Crippen MR) is 107 cm³/mol. The van der Waals surface area contributed by atoms with Gasteiger partial charge in [0, 0.05) is 24.5 Å². The van der Waals surface area contributed by atoms with Crippen LogP contribution in [0.1, 0.15) is 16.8 Å². The monoisotopic (exact) mass is 420 g/mol. The SMILES string of the molecule is CNCCCNC(=O)c1ccc(S(=O)(=O)Nc2ccncc2)cc1.Cl.Cl. The number of nitrogens with one attached hydrogen (secondary N) is 3. The van der Waals surface area contributed by atoms with Crippen molar-refractivity contribution in [2.45, 2.75) is 11.3 Å². The van der Waals surface area contributed by atoms with E-state index in [0.29, 0.717) is 17.8 Å². The van der Waals surface area contributed by atoms with Gasteiger partial charge in [-0.3, -0.25) is 14.5 Å². The first kappa shape index (κ1) is 24.1. The first-order valence-corrected chi connectivity index (χ1v) is 8.97. The molecule has 26 heavy (non-hydrogen) atoms. The van der Waals surface area contributed by atoms with E-state index in [4.69, 9.17) is 0 Å². The number of rotatable bonds is 8. The predicted octanol–water partition coefficient (Wildman–Crippen LogP) is 2.07. The molecule has 0 saturated carbocycles. The van der Waals surface area contributed by atoms with Crippen molar-refractivity contribution in [1.82, 2.24) is 15.6 Å². The van der Waals surface area contributed by atoms with Gasteiger partial charge in [0.2, 0.25) is 0 Å². The number of halogens is 2. The van der Waals surface area contributed by atoms with Crippen LogP contribution in [0.25, 0.3) is 0 Å². The van der Waals surface area contributed by atoms with E-state index in [1.54, 1.807) is 12.1 Å². The molecule has 0 saturated heterocycles. The molecule has 0 bridgehead atoms. The second-order valence-corrected chi connectivity index (χ2v) is 6.76. The quantitative estimate of drug-likeness (QED) is 0.567. The minimum Gasteiger partial charge on any atom is -0.352 e. The number of hydrogen-bond acceptors (Lipinski definition) is 5. The van der Waals surface area contributed by atoms with Crippen LogP contribution in [0.3, 0.4) is 0 Å². The van der Waals surface area contributed by atoms with E-state index in [1.807, 2.05) is 7.05 Å². The molecule has 1 aromatic heterocycles. The van der Waals surface area contributed by atoms with Crippen molar-refractivity contribution in [2.24, 2.45) is 0 Å². The van der Waals surface area contributed by atoms with E-state index in [2.05, 4.69) is 20.3 Å². The summed E-state index contributed by atoms with van der Waals surface area (Å²) in [5, 5.41) is 5.78. The average Bonchev–Trinajstić information content (AvgIpc) is 2.59. The number of hydrogen-bond donors (Lipinski definition) is 3. The summed E-state index contributed by atoms with van der Waals surface area (Å²) in [7, 11) is -1.85. The second-order valence-electron chi connectivity index (χ2n) is 5.08. The fraction of sp³-hybridized carbons (Fsp3) is 0.250. The van der Waals surface area contributed by atoms with Crippen LogP contribution in [0.15, 0.2) is 53.7 Å². The summed E-state index contributed by atoms with van der Waals surface area (Å²) < 4.78 is 27.0. The Hall–Kier alpha value is -1.87. The third-order valence-corrected chi connectivity index (χ3v) is 4.65. The standard InChI is InChI=1S/C16H20N4O3S.2ClH/c1-17-9-2-10-19-16(21)13-3-5-15(6-4-13)24(22,23)20-14-7-11-18-12-8-14;;/h3-8,11-12,17H,2,9-10H2,1H3,(H,18,20)(H,19,21);2*1H. The second kappa shape index (κ2) is 11.7. The van der Waals surface area contributed by atoms with Crippen molar-refractivity contribution in [2.75, 3.05) is 24.9 Å². The summed E-state index contributed by atoms with van der Waals surface area (Å²) in [6.07, 6.45) is 3.82. The number of anilines is 1. The van der Waals surface area contributed by atoms with Gasteiger partial charge in [0.1, 0.15) is 0 Å². The summed E-state index contributed by atoms with van der Waals surface area (Å²) in [4.78, 5) is 15.9. The van der Waals surface area contributed by atoms with Gasteiger partial charge in [0.05, 0.1) is 10.6 Å². The Morgan fingerprint density at radius 1 is 1.00 bits per heavy atom. The Bertz CT molecular complexity index is 772. The van der Waals surface area contributed by atoms with Gasteiger partial charge in [-0.2, -0.15) is 0 Å². The van der Waals surface area contributed by atoms with Crippen LogP contribution in [-0.4, -0.2) is 39.4 Å². The molecular formula is C16H22Cl2N4O3S. The summed E-state index contributed by atoms with van der Waals surface area (Å²) in [5.74, 6) is -0.225. The van der Waals surface area contributed by atoms with Gasteiger partial charge in [-0.05, 0) is 56.4 Å². The molecule has 2 rings (SSSR count). The van der Waals surface area contributed by atoms with Crippen LogP contribution < -0.4 is 15.4 Å². The number of benzene rings is 1. The molecule has 0 aliphatic heterocycles. The fourth-order valence-corrected chi connectivity index (χ4v) is 3.05. The molecular weight excluding hydrogens is 399 g/mol. The van der Waals surface area contributed by atoms with Gasteiger partial charge in [-0.1, -0.05) is 0 Å². The van der Waals surface area contributed by atoms with Crippen molar-refractivity contribution in [3.63, 3.8) is 0 Å². The molecule has 7 nitrogen and oxygen atoms in total. The Morgan fingerprint density at radius 2 is 1.62 bits per heavy atom. The lowest BCUT2D eigenvalue weighted by molar-refractivity contribution is 0.0953. The average molecular weight is 421 g/mol. The van der Waals surface area contributed by atoms with E-state index in [0.717, 1.165) is 13.0 Å². The molecule has 2 aromatic rings. The molecule has 1 heterocycles. The molecule has 0 fully saturated rings. The highest BCUT2D eigenvalue weighted by atomic mass is 35.5. The van der Waals surface area contributed by atoms with Crippen LogP contribution in [0.2, 0.25) is 0 Å². The van der Waals surface area contributed by atoms with Gasteiger partial charge in [-0.15, -0.1) is 24.8 Å². The van der Waals surface area contributed by atoms with Gasteiger partial charge >= 0.3 is 0 Å². The molecule has 0 aliphatic carbocycles. The number of aromatic nitrogens is 1. The lowest BCUT2D eigenvalue weighted by Crippen LogP contribution is -2.26. The summed E-state index contributed by atoms with van der Waals surface area (Å²) >= 11 is 0. The number of amides is 1. The molecule has 1 aromatic carbocycles. The highest BCUT2D eigenvalue weighted by Gasteiger charge is 2.15. The number of pyridine rings is 1. The van der Waals surface area contributed by atoms with Gasteiger partial charge in [-0.25, -0.2) is 8.42 Å². The molecule has 10 heteroatoms. The van der Waals surface area contributed by atoms with Crippen molar-refractivity contribution in [3.05, 3.63) is 54.4 Å². The third-order valence-electron chi connectivity index (χ3n) is 3.25. The zero-order chi connectivity index (χ0) is 17.4. The highest BCUT2D eigenvalue weighted by Crippen LogP contribution is 2.15. The van der Waals surface area contributed by atoms with Crippen molar-refractivity contribution >= 4 is 46.4 Å². The summed E-state index contributed by atoms with van der Waals surface area (Å²) in [5.41, 5.74) is 0.846. The van der Waals surface area contributed by atoms with Crippen molar-refractivity contribution in [1.29, 1.82) is 0 Å². The minimum absolute atomic E-state index is 0. The van der Waals surface area contributed by atoms with Crippen LogP contribution in [0, 0.1) is 0 Å². The van der Waals surface area contributed by atoms with E-state index >= 15 is 0 Å². The summed E-state index contributed by atoms with van der Waals surface area (Å²) in [6, 6.07) is 8.93. The van der Waals surface area contributed by atoms with E-state index in [9.17, 15) is 13.2 Å². The lowest BCUT2D eigenvalue weighted by Gasteiger charge is -2.09. The first-order valence-electron chi connectivity index (χ1n) is 7.48. The maximum absolute atomic E-state index is 12.3. The van der Waals surface area contributed by atoms with Crippen molar-refractivity contribution in [3.8, 4) is 0 Å². The molecule has 0 aliphatic rings. The largest absolute Gasteiger partial charge is 0.352 e. The van der Waals surface area contributed by atoms with Gasteiger partial charge in [0.15, 0.2) is 0 Å². The topological polar surface area (TPSA) is 100 Å². The molecule has 1 amide bonds. The van der Waals surface area contributed by atoms with Crippen LogP contribution in [-0.2, 0) is 10.0 Å². The first-order chi connectivity index (χ1) is 11.5. The minimum atomic E-state index is -3.70. The van der Waals surface area contributed by atoms with Crippen LogP contribution in [0.5, 0.6) is 0 Å². The molecule has 3 N–H and O–H groups in total. The third kappa shape index (κ3) is 7.17. The van der Waals surface area contributed by atoms with E-state index in [1.165, 1.54) is 36.7 Å². The Labute approximate surface area is 165 Å². The normalized spacial score (nSPS) is 10.2. The lowest BCUT2D eigenvalue weighted by atomic mass is 10.2. The van der Waals surface area contributed by atoms with Crippen LogP contribution in [0.4, 0.5) is 5.69 Å². The number of carbonyl (C=O) groups excluding carboxylic acids is 1. The molecule has 144 valence electrons. The molecule has 0 radical (unpaired) electrons. The number of sulfonamides is 1. The Balaban J connectivity index is 0.00000312. The van der Waals surface area contributed by atoms with Gasteiger partial charge in [0.25, 0.3) is 15.9 Å². The molecule has 0 unspecified atom stereocenters. The number of nitrogens with zero attached hydrogens (tertiary/aromatic N) is 1. The highest BCUT2D eigenvalue weighted by molar-refractivity contribution is 7.92. The smallest absolute Gasteiger partial charge is 0.261 e. The van der Waals surface area contributed by atoms with E-state index in [-0.39, 0.29) is 35.6 Å². The fourth-order valence-electron chi connectivity index (χ4n) is 1.99. The Morgan fingerprint density at radius 3 is 2.19 bits per heavy atom. The Kier molecular flexibility index (Phi) is 10.8. The zero-order valence-electron chi connectivity index (χ0n) is 14.1. The molecule has 0 atom stereocenters. The number of carbonyl (C=O) groups is 1. The zero-order valence-corrected chi connectivity index (χ0v) is 16.6. The van der Waals surface area contributed by atoms with Crippen LogP contribution >= 0.6 is 24.8 Å². The molecule has 0 spiro atoms. The van der Waals surface area contributed by atoms with E-state index < -0.39 is 10.0 Å². The van der Waals surface area contributed by atoms with Gasteiger partial charge < -0.3 is 10.6 Å². The summed E-state index contributed by atoms with van der Waals surface area (Å²) in [6.45, 7) is 1.38.